The lowest BCUT2D eigenvalue weighted by Crippen LogP contribution is -2.32. The minimum atomic E-state index is -1.54. The molecule has 1 saturated heterocycles. The molecule has 7 heteroatoms. The van der Waals surface area contributed by atoms with Gasteiger partial charge in [0.1, 0.15) is 17.9 Å². The van der Waals surface area contributed by atoms with Crippen molar-refractivity contribution in [3.8, 4) is 0 Å². The zero-order valence-corrected chi connectivity index (χ0v) is 16.5. The van der Waals surface area contributed by atoms with Crippen LogP contribution in [0.25, 0.3) is 11.1 Å². The molecule has 0 bridgehead atoms. The number of hydrogen-bond acceptors (Lipinski definition) is 5. The summed E-state index contributed by atoms with van der Waals surface area (Å²) < 4.78 is 21.3. The number of alkyl halides is 1. The molecule has 1 unspecified atom stereocenters. The Morgan fingerprint density at radius 3 is 2.69 bits per heavy atom. The van der Waals surface area contributed by atoms with Gasteiger partial charge in [-0.15, -0.1) is 0 Å². The van der Waals surface area contributed by atoms with E-state index in [0.29, 0.717) is 40.3 Å². The van der Waals surface area contributed by atoms with Crippen LogP contribution in [0.5, 0.6) is 0 Å². The van der Waals surface area contributed by atoms with Crippen LogP contribution < -0.4 is 5.32 Å². The maximum absolute atomic E-state index is 15.6. The Bertz CT molecular complexity index is 1090. The molecule has 1 saturated carbocycles. The number of benzene rings is 1. The number of likely N-dealkylation sites (tertiary alicyclic amines) is 1. The van der Waals surface area contributed by atoms with Crippen LogP contribution >= 0.6 is 0 Å². The monoisotopic (exact) mass is 394 g/mol. The van der Waals surface area contributed by atoms with Crippen LogP contribution in [0.15, 0.2) is 41.1 Å². The van der Waals surface area contributed by atoms with Gasteiger partial charge < -0.3 is 14.6 Å². The smallest absolute Gasteiger partial charge is 0.258 e. The molecule has 3 heterocycles. The molecule has 0 spiro atoms. The second-order valence-electron chi connectivity index (χ2n) is 8.43. The van der Waals surface area contributed by atoms with Gasteiger partial charge in [-0.1, -0.05) is 30.3 Å². The zero-order valence-electron chi connectivity index (χ0n) is 16.5. The van der Waals surface area contributed by atoms with Gasteiger partial charge >= 0.3 is 0 Å². The van der Waals surface area contributed by atoms with Crippen LogP contribution in [0, 0.1) is 6.92 Å². The highest BCUT2D eigenvalue weighted by molar-refractivity contribution is 6.10. The molecule has 1 aliphatic heterocycles. The van der Waals surface area contributed by atoms with Gasteiger partial charge in [0.2, 0.25) is 5.71 Å². The Kier molecular flexibility index (Phi) is 3.91. The number of aryl methyl sites for hydroxylation is 1. The fourth-order valence-corrected chi connectivity index (χ4v) is 4.07. The molecule has 2 fully saturated rings. The molecule has 1 aliphatic carbocycles. The van der Waals surface area contributed by atoms with Gasteiger partial charge in [0, 0.05) is 18.5 Å². The number of anilines is 1. The van der Waals surface area contributed by atoms with Gasteiger partial charge in [-0.05, 0) is 32.3 Å². The lowest BCUT2D eigenvalue weighted by molar-refractivity contribution is 0.0750. The van der Waals surface area contributed by atoms with Crippen LogP contribution in [0.4, 0.5) is 10.2 Å². The quantitative estimate of drug-likeness (QED) is 0.718. The van der Waals surface area contributed by atoms with Crippen molar-refractivity contribution in [1.29, 1.82) is 0 Å². The molecule has 1 N–H and O–H groups in total. The number of carbonyl (C=O) groups is 1. The van der Waals surface area contributed by atoms with Crippen molar-refractivity contribution in [3.63, 3.8) is 0 Å². The predicted octanol–water partition coefficient (Wildman–Crippen LogP) is 4.21. The molecule has 1 aromatic carbocycles. The van der Waals surface area contributed by atoms with Crippen LogP contribution in [-0.2, 0) is 5.67 Å². The van der Waals surface area contributed by atoms with Crippen molar-refractivity contribution >= 4 is 22.8 Å². The maximum Gasteiger partial charge on any atom is 0.258 e. The van der Waals surface area contributed by atoms with Crippen molar-refractivity contribution in [3.05, 3.63) is 53.5 Å². The first kappa shape index (κ1) is 18.1. The zero-order chi connectivity index (χ0) is 20.2. The minimum Gasteiger partial charge on any atom is -0.442 e. The fraction of sp³-hybridized carbons (Fsp3) is 0.409. The number of nitrogens with one attached hydrogen (secondary N) is 1. The Labute approximate surface area is 168 Å². The van der Waals surface area contributed by atoms with E-state index in [4.69, 9.17) is 4.42 Å². The van der Waals surface area contributed by atoms with Gasteiger partial charge in [0.25, 0.3) is 5.91 Å². The predicted molar refractivity (Wildman–Crippen MR) is 108 cm³/mol. The summed E-state index contributed by atoms with van der Waals surface area (Å²) in [6.45, 7) is 4.24. The van der Waals surface area contributed by atoms with E-state index >= 15 is 4.39 Å². The number of halogens is 1. The number of aromatic nitrogens is 2. The van der Waals surface area contributed by atoms with Gasteiger partial charge in [-0.25, -0.2) is 14.4 Å². The van der Waals surface area contributed by atoms with E-state index in [0.717, 1.165) is 12.8 Å². The van der Waals surface area contributed by atoms with Crippen molar-refractivity contribution in [1.82, 2.24) is 14.9 Å². The van der Waals surface area contributed by atoms with Crippen molar-refractivity contribution < 1.29 is 13.6 Å². The second-order valence-corrected chi connectivity index (χ2v) is 8.43. The lowest BCUT2D eigenvalue weighted by atomic mass is 9.95. The highest BCUT2D eigenvalue weighted by Crippen LogP contribution is 2.41. The SMILES string of the molecule is Cc1oc2ncnc(NC3(C)CC3)c2c1C(=O)N1CCC(F)(c2ccccc2)C1. The first-order valence-corrected chi connectivity index (χ1v) is 9.95. The summed E-state index contributed by atoms with van der Waals surface area (Å²) in [6.07, 6.45) is 3.81. The number of amides is 1. The summed E-state index contributed by atoms with van der Waals surface area (Å²) in [5, 5.41) is 4.00. The summed E-state index contributed by atoms with van der Waals surface area (Å²) in [7, 11) is 0. The number of carbonyl (C=O) groups excluding carboxylic acids is 1. The van der Waals surface area contributed by atoms with Crippen LogP contribution in [0.1, 0.15) is 47.9 Å². The van der Waals surface area contributed by atoms with Crippen molar-refractivity contribution in [2.75, 3.05) is 18.4 Å². The standard InChI is InChI=1S/C22H23FN4O2/c1-14-16(17-18(26-21(2)8-9-21)24-13-25-19(17)29-14)20(28)27-11-10-22(23,12-27)15-6-4-3-5-7-15/h3-7,13H,8-12H2,1-2H3,(H,24,25,26). The first-order valence-electron chi connectivity index (χ1n) is 9.95. The van der Waals surface area contributed by atoms with Crippen LogP contribution in [-0.4, -0.2) is 39.4 Å². The van der Waals surface area contributed by atoms with E-state index in [1.165, 1.54) is 6.33 Å². The van der Waals surface area contributed by atoms with Crippen LogP contribution in [0.2, 0.25) is 0 Å². The number of fused-ring (bicyclic) bond motifs is 1. The molecule has 2 aliphatic rings. The third-order valence-electron chi connectivity index (χ3n) is 6.10. The van der Waals surface area contributed by atoms with Crippen molar-refractivity contribution in [2.45, 2.75) is 44.3 Å². The van der Waals surface area contributed by atoms with Gasteiger partial charge in [-0.2, -0.15) is 0 Å². The Hall–Kier alpha value is -2.96. The summed E-state index contributed by atoms with van der Waals surface area (Å²) >= 11 is 0. The summed E-state index contributed by atoms with van der Waals surface area (Å²) in [6, 6.07) is 9.06. The molecule has 150 valence electrons. The molecule has 5 rings (SSSR count). The normalized spacial score (nSPS) is 22.8. The lowest BCUT2D eigenvalue weighted by Gasteiger charge is -2.21. The molecule has 29 heavy (non-hydrogen) atoms. The van der Waals surface area contributed by atoms with Gasteiger partial charge in [-0.3, -0.25) is 4.79 Å². The molecule has 3 aromatic rings. The maximum atomic E-state index is 15.6. The highest BCUT2D eigenvalue weighted by Gasteiger charge is 2.43. The van der Waals surface area contributed by atoms with Crippen LogP contribution in [0.3, 0.4) is 0 Å². The fourth-order valence-electron chi connectivity index (χ4n) is 4.07. The molecule has 2 aromatic heterocycles. The van der Waals surface area contributed by atoms with E-state index in [9.17, 15) is 4.79 Å². The molecule has 6 nitrogen and oxygen atoms in total. The molecule has 1 atom stereocenters. The van der Waals surface area contributed by atoms with E-state index in [2.05, 4.69) is 22.2 Å². The third-order valence-corrected chi connectivity index (χ3v) is 6.10. The Morgan fingerprint density at radius 2 is 1.97 bits per heavy atom. The third kappa shape index (κ3) is 3.05. The molecular weight excluding hydrogens is 371 g/mol. The highest BCUT2D eigenvalue weighted by atomic mass is 19.1. The van der Waals surface area contributed by atoms with Gasteiger partial charge in [0.15, 0.2) is 5.67 Å². The topological polar surface area (TPSA) is 71.3 Å². The number of hydrogen-bond donors (Lipinski definition) is 1. The van der Waals surface area contributed by atoms with Crippen molar-refractivity contribution in [2.24, 2.45) is 0 Å². The molecule has 1 amide bonds. The second kappa shape index (κ2) is 6.27. The molecular formula is C22H23FN4O2. The number of rotatable bonds is 4. The minimum absolute atomic E-state index is 0.0121. The Morgan fingerprint density at radius 1 is 1.21 bits per heavy atom. The average molecular weight is 394 g/mol. The molecule has 0 radical (unpaired) electrons. The number of nitrogens with zero attached hydrogens (tertiary/aromatic N) is 3. The summed E-state index contributed by atoms with van der Waals surface area (Å²) in [5.41, 5.74) is -0.145. The summed E-state index contributed by atoms with van der Waals surface area (Å²) in [4.78, 5) is 23.5. The van der Waals surface area contributed by atoms with E-state index in [-0.39, 0.29) is 24.4 Å². The van der Waals surface area contributed by atoms with E-state index < -0.39 is 5.67 Å². The van der Waals surface area contributed by atoms with Gasteiger partial charge in [0.05, 0.1) is 17.5 Å². The average Bonchev–Trinajstić information content (AvgIpc) is 3.14. The Balaban J connectivity index is 1.49. The number of furan rings is 1. The summed E-state index contributed by atoms with van der Waals surface area (Å²) in [5.74, 6) is 0.838. The largest absolute Gasteiger partial charge is 0.442 e. The van der Waals surface area contributed by atoms with E-state index in [1.54, 1.807) is 24.0 Å². The first-order chi connectivity index (χ1) is 13.9. The van der Waals surface area contributed by atoms with E-state index in [1.807, 2.05) is 18.2 Å².